The molecule has 1 aliphatic carbocycles. The van der Waals surface area contributed by atoms with Crippen molar-refractivity contribution in [3.8, 4) is 16.9 Å². The van der Waals surface area contributed by atoms with Crippen molar-refractivity contribution in [2.75, 3.05) is 26.8 Å². The normalized spacial score (nSPS) is 19.8. The highest BCUT2D eigenvalue weighted by atomic mass is 19.1. The first-order chi connectivity index (χ1) is 20.7. The zero-order valence-corrected chi connectivity index (χ0v) is 24.0. The van der Waals surface area contributed by atoms with Crippen LogP contribution in [0.4, 0.5) is 8.78 Å². The van der Waals surface area contributed by atoms with Crippen molar-refractivity contribution in [3.05, 3.63) is 89.0 Å². The predicted molar refractivity (Wildman–Crippen MR) is 156 cm³/mol. The minimum atomic E-state index is -0.848. The van der Waals surface area contributed by atoms with E-state index in [1.165, 1.54) is 24.3 Å². The largest absolute Gasteiger partial charge is 0.493 e. The standard InChI is InChI=1S/C33H35F2N3O5/c1-42-33(41)30-26(5-2-6-28(30)34)21-9-10-22(29(35)15-21)16-37-32(40)27-14-24(27)19-43-25-11-7-20(8-12-25)17-38-13-3-4-23(18-38)31(36)39/h2,5-12,15,23-24,27H,3-4,13-14,16-19H2,1H3,(H2,36,39)(H,37,40). The van der Waals surface area contributed by atoms with Gasteiger partial charge in [0.25, 0.3) is 0 Å². The van der Waals surface area contributed by atoms with Crippen molar-refractivity contribution in [2.24, 2.45) is 23.5 Å². The maximum Gasteiger partial charge on any atom is 0.341 e. The molecule has 3 unspecified atom stereocenters. The van der Waals surface area contributed by atoms with E-state index in [-0.39, 0.29) is 52.8 Å². The van der Waals surface area contributed by atoms with Crippen molar-refractivity contribution in [2.45, 2.75) is 32.4 Å². The number of likely N-dealkylation sites (tertiary alicyclic amines) is 1. The summed E-state index contributed by atoms with van der Waals surface area (Å²) in [6, 6.07) is 16.2. The fourth-order valence-electron chi connectivity index (χ4n) is 5.58. The molecule has 3 atom stereocenters. The fraction of sp³-hybridized carbons (Fsp3) is 0.364. The summed E-state index contributed by atoms with van der Waals surface area (Å²) in [4.78, 5) is 38.5. The van der Waals surface area contributed by atoms with E-state index in [1.54, 1.807) is 6.07 Å². The lowest BCUT2D eigenvalue weighted by Crippen LogP contribution is -2.40. The highest BCUT2D eigenvalue weighted by Crippen LogP contribution is 2.39. The second-order valence-corrected chi connectivity index (χ2v) is 11.2. The molecule has 10 heteroatoms. The van der Waals surface area contributed by atoms with E-state index in [4.69, 9.17) is 10.5 Å². The number of benzene rings is 3. The van der Waals surface area contributed by atoms with E-state index >= 15 is 0 Å². The highest BCUT2D eigenvalue weighted by molar-refractivity contribution is 5.97. The summed E-state index contributed by atoms with van der Waals surface area (Å²) in [7, 11) is 1.15. The molecule has 1 saturated heterocycles. The van der Waals surface area contributed by atoms with Gasteiger partial charge in [-0.1, -0.05) is 36.4 Å². The van der Waals surface area contributed by atoms with Crippen molar-refractivity contribution < 1.29 is 32.6 Å². The number of nitrogens with one attached hydrogen (secondary N) is 1. The molecular formula is C33H35F2N3O5. The number of hydrogen-bond donors (Lipinski definition) is 2. The van der Waals surface area contributed by atoms with Crippen LogP contribution in [0.3, 0.4) is 0 Å². The van der Waals surface area contributed by atoms with Crippen LogP contribution in [0.25, 0.3) is 11.1 Å². The molecule has 1 aliphatic heterocycles. The molecule has 0 aromatic heterocycles. The number of amides is 2. The molecule has 5 rings (SSSR count). The van der Waals surface area contributed by atoms with Gasteiger partial charge in [0.05, 0.1) is 19.6 Å². The molecule has 2 fully saturated rings. The van der Waals surface area contributed by atoms with Gasteiger partial charge in [0.2, 0.25) is 11.8 Å². The van der Waals surface area contributed by atoms with Crippen LogP contribution in [0.2, 0.25) is 0 Å². The van der Waals surface area contributed by atoms with Crippen LogP contribution in [0.15, 0.2) is 60.7 Å². The lowest BCUT2D eigenvalue weighted by atomic mass is 9.97. The van der Waals surface area contributed by atoms with Gasteiger partial charge in [-0.25, -0.2) is 13.6 Å². The maximum absolute atomic E-state index is 14.9. The van der Waals surface area contributed by atoms with Gasteiger partial charge in [-0.05, 0) is 66.8 Å². The van der Waals surface area contributed by atoms with Crippen molar-refractivity contribution >= 4 is 17.8 Å². The molecule has 8 nitrogen and oxygen atoms in total. The molecule has 0 bridgehead atoms. The Morgan fingerprint density at radius 3 is 2.56 bits per heavy atom. The average Bonchev–Trinajstić information content (AvgIpc) is 3.79. The molecule has 226 valence electrons. The number of carbonyl (C=O) groups excluding carboxylic acids is 3. The van der Waals surface area contributed by atoms with Crippen LogP contribution in [0.1, 0.15) is 40.7 Å². The van der Waals surface area contributed by atoms with Crippen LogP contribution < -0.4 is 15.8 Å². The zero-order chi connectivity index (χ0) is 30.5. The van der Waals surface area contributed by atoms with E-state index in [9.17, 15) is 23.2 Å². The number of ether oxygens (including phenoxy) is 2. The Morgan fingerprint density at radius 1 is 1.05 bits per heavy atom. The topological polar surface area (TPSA) is 111 Å². The van der Waals surface area contributed by atoms with E-state index in [0.29, 0.717) is 25.1 Å². The van der Waals surface area contributed by atoms with Gasteiger partial charge in [0.1, 0.15) is 22.9 Å². The van der Waals surface area contributed by atoms with Gasteiger partial charge in [-0.15, -0.1) is 0 Å². The monoisotopic (exact) mass is 591 g/mol. The van der Waals surface area contributed by atoms with Crippen LogP contribution in [0, 0.1) is 29.4 Å². The van der Waals surface area contributed by atoms with Gasteiger partial charge < -0.3 is 20.5 Å². The van der Waals surface area contributed by atoms with Crippen molar-refractivity contribution in [1.82, 2.24) is 10.2 Å². The number of hydrogen-bond acceptors (Lipinski definition) is 6. The molecule has 1 saturated carbocycles. The number of piperidine rings is 1. The number of nitrogens with zero attached hydrogens (tertiary/aromatic N) is 1. The summed E-state index contributed by atoms with van der Waals surface area (Å²) in [5.74, 6) is -2.07. The second-order valence-electron chi connectivity index (χ2n) is 11.2. The van der Waals surface area contributed by atoms with Crippen molar-refractivity contribution in [1.29, 1.82) is 0 Å². The summed E-state index contributed by atoms with van der Waals surface area (Å²) < 4.78 is 39.8. The van der Waals surface area contributed by atoms with Gasteiger partial charge in [-0.3, -0.25) is 14.5 Å². The van der Waals surface area contributed by atoms with Crippen molar-refractivity contribution in [3.63, 3.8) is 0 Å². The first-order valence-electron chi connectivity index (χ1n) is 14.4. The van der Waals surface area contributed by atoms with Crippen LogP contribution in [-0.4, -0.2) is 49.5 Å². The quantitative estimate of drug-likeness (QED) is 0.319. The molecular weight excluding hydrogens is 556 g/mol. The van der Waals surface area contributed by atoms with Crippen LogP contribution in [0.5, 0.6) is 5.75 Å². The maximum atomic E-state index is 14.9. The van der Waals surface area contributed by atoms with Gasteiger partial charge >= 0.3 is 5.97 Å². The Labute approximate surface area is 249 Å². The van der Waals surface area contributed by atoms with E-state index in [2.05, 4.69) is 15.0 Å². The molecule has 2 aliphatic rings. The number of rotatable bonds is 11. The molecule has 3 aromatic rings. The third-order valence-corrected chi connectivity index (χ3v) is 8.18. The predicted octanol–water partition coefficient (Wildman–Crippen LogP) is 4.45. The molecule has 0 spiro atoms. The van der Waals surface area contributed by atoms with Gasteiger partial charge in [0.15, 0.2) is 0 Å². The number of methoxy groups -OCH3 is 1. The Balaban J connectivity index is 1.08. The molecule has 2 amide bonds. The minimum Gasteiger partial charge on any atom is -0.493 e. The molecule has 3 aromatic carbocycles. The summed E-state index contributed by atoms with van der Waals surface area (Å²) in [6.07, 6.45) is 2.50. The van der Waals surface area contributed by atoms with Gasteiger partial charge in [-0.2, -0.15) is 0 Å². The van der Waals surface area contributed by atoms with E-state index in [0.717, 1.165) is 50.4 Å². The molecule has 43 heavy (non-hydrogen) atoms. The average molecular weight is 592 g/mol. The summed E-state index contributed by atoms with van der Waals surface area (Å²) in [6.45, 7) is 2.78. The molecule has 3 N–H and O–H groups in total. The Kier molecular flexibility index (Phi) is 9.35. The molecule has 1 heterocycles. The number of nitrogens with two attached hydrogens (primary N) is 1. The number of carbonyl (C=O) groups is 3. The Morgan fingerprint density at radius 2 is 1.84 bits per heavy atom. The van der Waals surface area contributed by atoms with Gasteiger partial charge in [0, 0.05) is 37.0 Å². The third kappa shape index (κ3) is 7.37. The highest BCUT2D eigenvalue weighted by Gasteiger charge is 2.43. The molecule has 0 radical (unpaired) electrons. The minimum absolute atomic E-state index is 0.000695. The summed E-state index contributed by atoms with van der Waals surface area (Å²) in [5.41, 5.74) is 7.16. The third-order valence-electron chi connectivity index (χ3n) is 8.18. The summed E-state index contributed by atoms with van der Waals surface area (Å²) in [5, 5.41) is 2.79. The fourth-order valence-corrected chi connectivity index (χ4v) is 5.58. The lowest BCUT2D eigenvalue weighted by Gasteiger charge is -2.31. The summed E-state index contributed by atoms with van der Waals surface area (Å²) >= 11 is 0. The first kappa shape index (κ1) is 30.2. The lowest BCUT2D eigenvalue weighted by molar-refractivity contribution is -0.124. The van der Waals surface area contributed by atoms with E-state index in [1.807, 2.05) is 24.3 Å². The Hall–Kier alpha value is -4.31. The zero-order valence-electron chi connectivity index (χ0n) is 24.0. The van der Waals surface area contributed by atoms with E-state index < -0.39 is 17.6 Å². The number of primary amides is 1. The number of halogens is 2. The Bertz CT molecular complexity index is 1500. The SMILES string of the molecule is COC(=O)c1c(F)cccc1-c1ccc(CNC(=O)C2CC2COc2ccc(CN3CCCC(C(N)=O)C3)cc2)c(F)c1. The second kappa shape index (κ2) is 13.3. The van der Waals surface area contributed by atoms with Crippen LogP contribution in [-0.2, 0) is 27.4 Å². The first-order valence-corrected chi connectivity index (χ1v) is 14.4. The van der Waals surface area contributed by atoms with Crippen LogP contribution >= 0.6 is 0 Å². The number of esters is 1. The smallest absolute Gasteiger partial charge is 0.341 e.